The summed E-state index contributed by atoms with van der Waals surface area (Å²) in [6, 6.07) is 0.415. The van der Waals surface area contributed by atoms with E-state index in [0.717, 1.165) is 25.7 Å². The molecule has 1 aliphatic rings. The van der Waals surface area contributed by atoms with Gasteiger partial charge in [0.1, 0.15) is 0 Å². The molecule has 0 saturated heterocycles. The minimum atomic E-state index is 0.161. The van der Waals surface area contributed by atoms with Crippen LogP contribution in [0.3, 0.4) is 0 Å². The van der Waals surface area contributed by atoms with Gasteiger partial charge in [0.05, 0.1) is 0 Å². The summed E-state index contributed by atoms with van der Waals surface area (Å²) in [4.78, 5) is 2.76. The fourth-order valence-electron chi connectivity index (χ4n) is 1.38. The van der Waals surface area contributed by atoms with Crippen molar-refractivity contribution in [2.45, 2.75) is 37.8 Å². The summed E-state index contributed by atoms with van der Waals surface area (Å²) in [5, 5.41) is 3.63. The third-order valence-corrected chi connectivity index (χ3v) is 1.90. The number of azide groups is 1. The molecule has 0 spiro atoms. The minimum absolute atomic E-state index is 0.161. The van der Waals surface area contributed by atoms with Gasteiger partial charge in [-0.3, -0.25) is 0 Å². The van der Waals surface area contributed by atoms with Crippen molar-refractivity contribution in [1.82, 2.24) is 0 Å². The van der Waals surface area contributed by atoms with E-state index >= 15 is 0 Å². The Labute approximate surface area is 60.0 Å². The van der Waals surface area contributed by atoms with Gasteiger partial charge >= 0.3 is 0 Å². The topological polar surface area (TPSA) is 74.8 Å². The van der Waals surface area contributed by atoms with Gasteiger partial charge in [-0.05, 0) is 24.8 Å². The molecule has 2 atom stereocenters. The molecule has 0 aromatic carbocycles. The van der Waals surface area contributed by atoms with Gasteiger partial charge in [0, 0.05) is 17.0 Å². The summed E-state index contributed by atoms with van der Waals surface area (Å²) >= 11 is 0. The summed E-state index contributed by atoms with van der Waals surface area (Å²) in [6.45, 7) is 0. The molecule has 56 valence electrons. The van der Waals surface area contributed by atoms with Crippen molar-refractivity contribution in [1.29, 1.82) is 0 Å². The predicted molar refractivity (Wildman–Crippen MR) is 39.4 cm³/mol. The van der Waals surface area contributed by atoms with Gasteiger partial charge in [0.25, 0.3) is 0 Å². The van der Waals surface area contributed by atoms with E-state index in [1.54, 1.807) is 0 Å². The lowest BCUT2D eigenvalue weighted by Crippen LogP contribution is -2.29. The van der Waals surface area contributed by atoms with Gasteiger partial charge in [0.15, 0.2) is 0 Å². The van der Waals surface area contributed by atoms with Crippen LogP contribution in [0, 0.1) is 0 Å². The highest BCUT2D eigenvalue weighted by Gasteiger charge is 2.17. The summed E-state index contributed by atoms with van der Waals surface area (Å²) in [7, 11) is 0. The second-order valence-corrected chi connectivity index (χ2v) is 2.79. The Morgan fingerprint density at radius 1 is 1.50 bits per heavy atom. The summed E-state index contributed by atoms with van der Waals surface area (Å²) in [5.74, 6) is 0. The average Bonchev–Trinajstić information content (AvgIpc) is 1.88. The molecule has 2 N–H and O–H groups in total. The van der Waals surface area contributed by atoms with Gasteiger partial charge in [0.2, 0.25) is 0 Å². The molecular weight excluding hydrogens is 128 g/mol. The smallest absolute Gasteiger partial charge is 0.0388 e. The fourth-order valence-corrected chi connectivity index (χ4v) is 1.38. The van der Waals surface area contributed by atoms with Crippen LogP contribution in [0.2, 0.25) is 0 Å². The molecule has 0 aromatic rings. The first kappa shape index (κ1) is 7.38. The summed E-state index contributed by atoms with van der Waals surface area (Å²) in [5.41, 5.74) is 13.8. The van der Waals surface area contributed by atoms with Crippen molar-refractivity contribution in [3.8, 4) is 0 Å². The molecule has 0 aromatic heterocycles. The Morgan fingerprint density at radius 3 is 2.90 bits per heavy atom. The number of nitrogens with two attached hydrogens (primary N) is 1. The molecule has 0 radical (unpaired) electrons. The van der Waals surface area contributed by atoms with E-state index in [2.05, 4.69) is 10.0 Å². The van der Waals surface area contributed by atoms with Crippen LogP contribution in [0.1, 0.15) is 25.7 Å². The average molecular weight is 140 g/mol. The van der Waals surface area contributed by atoms with Crippen LogP contribution < -0.4 is 5.73 Å². The number of rotatable bonds is 1. The van der Waals surface area contributed by atoms with Crippen LogP contribution in [0.15, 0.2) is 5.11 Å². The molecule has 1 aliphatic carbocycles. The lowest BCUT2D eigenvalue weighted by Gasteiger charge is -2.22. The van der Waals surface area contributed by atoms with Crippen molar-refractivity contribution in [2.75, 3.05) is 0 Å². The van der Waals surface area contributed by atoms with E-state index in [9.17, 15) is 0 Å². The number of hydrogen-bond donors (Lipinski definition) is 1. The van der Waals surface area contributed by atoms with Gasteiger partial charge in [-0.25, -0.2) is 0 Å². The van der Waals surface area contributed by atoms with Crippen LogP contribution in [0.5, 0.6) is 0 Å². The van der Waals surface area contributed by atoms with Crippen LogP contribution >= 0.6 is 0 Å². The molecule has 10 heavy (non-hydrogen) atoms. The maximum atomic E-state index is 8.12. The zero-order chi connectivity index (χ0) is 7.40. The van der Waals surface area contributed by atoms with Gasteiger partial charge in [-0.2, -0.15) is 0 Å². The Balaban J connectivity index is 2.39. The third kappa shape index (κ3) is 1.90. The first-order valence-electron chi connectivity index (χ1n) is 3.62. The zero-order valence-corrected chi connectivity index (χ0v) is 5.90. The van der Waals surface area contributed by atoms with Crippen LogP contribution in [0.25, 0.3) is 10.4 Å². The molecule has 4 heteroatoms. The van der Waals surface area contributed by atoms with E-state index in [1.165, 1.54) is 0 Å². The molecular formula is C6H12N4. The first-order chi connectivity index (χ1) is 4.83. The van der Waals surface area contributed by atoms with Crippen molar-refractivity contribution in [3.63, 3.8) is 0 Å². The number of nitrogens with zero attached hydrogens (tertiary/aromatic N) is 3. The van der Waals surface area contributed by atoms with E-state index in [4.69, 9.17) is 11.3 Å². The highest BCUT2D eigenvalue weighted by molar-refractivity contribution is 4.79. The zero-order valence-electron chi connectivity index (χ0n) is 5.90. The van der Waals surface area contributed by atoms with E-state index in [0.29, 0.717) is 0 Å². The second-order valence-electron chi connectivity index (χ2n) is 2.79. The van der Waals surface area contributed by atoms with Gasteiger partial charge < -0.3 is 5.73 Å². The Morgan fingerprint density at radius 2 is 2.30 bits per heavy atom. The lowest BCUT2D eigenvalue weighted by molar-refractivity contribution is 0.392. The van der Waals surface area contributed by atoms with Gasteiger partial charge in [-0.1, -0.05) is 11.5 Å². The minimum Gasteiger partial charge on any atom is -0.328 e. The van der Waals surface area contributed by atoms with E-state index in [-0.39, 0.29) is 12.1 Å². The molecule has 0 heterocycles. The molecule has 0 unspecified atom stereocenters. The largest absolute Gasteiger partial charge is 0.328 e. The standard InChI is InChI=1S/C6H12N4/c7-5-2-1-3-6(4-5)9-10-8/h5-6H,1-4,7H2/t5-,6-/m1/s1. The molecule has 0 aliphatic heterocycles. The Hall–Kier alpha value is -0.730. The highest BCUT2D eigenvalue weighted by atomic mass is 15.1. The molecule has 4 nitrogen and oxygen atoms in total. The predicted octanol–water partition coefficient (Wildman–Crippen LogP) is 1.57. The fraction of sp³-hybridized carbons (Fsp3) is 1.00. The van der Waals surface area contributed by atoms with Crippen molar-refractivity contribution < 1.29 is 0 Å². The van der Waals surface area contributed by atoms with Crippen molar-refractivity contribution >= 4 is 0 Å². The maximum Gasteiger partial charge on any atom is 0.0388 e. The van der Waals surface area contributed by atoms with E-state index in [1.807, 2.05) is 0 Å². The summed E-state index contributed by atoms with van der Waals surface area (Å²) < 4.78 is 0. The summed E-state index contributed by atoms with van der Waals surface area (Å²) in [6.07, 6.45) is 4.06. The quantitative estimate of drug-likeness (QED) is 0.335. The Kier molecular flexibility index (Phi) is 2.54. The van der Waals surface area contributed by atoms with Crippen LogP contribution in [-0.4, -0.2) is 12.1 Å². The third-order valence-electron chi connectivity index (χ3n) is 1.90. The molecule has 0 amide bonds. The molecule has 1 rings (SSSR count). The maximum absolute atomic E-state index is 8.12. The van der Waals surface area contributed by atoms with Crippen LogP contribution in [-0.2, 0) is 0 Å². The molecule has 1 fully saturated rings. The Bertz CT molecular complexity index is 150. The van der Waals surface area contributed by atoms with E-state index < -0.39 is 0 Å². The number of hydrogen-bond acceptors (Lipinski definition) is 2. The molecule has 0 bridgehead atoms. The van der Waals surface area contributed by atoms with Gasteiger partial charge in [-0.15, -0.1) is 0 Å². The van der Waals surface area contributed by atoms with Crippen LogP contribution in [0.4, 0.5) is 0 Å². The molecule has 1 saturated carbocycles. The SMILES string of the molecule is [N-]=[N+]=N[C@@H]1CCC[C@@H](N)C1. The monoisotopic (exact) mass is 140 g/mol. The lowest BCUT2D eigenvalue weighted by atomic mass is 9.92. The first-order valence-corrected chi connectivity index (χ1v) is 3.62. The second kappa shape index (κ2) is 3.44. The normalized spacial score (nSPS) is 32.9. The van der Waals surface area contributed by atoms with Crippen molar-refractivity contribution in [3.05, 3.63) is 10.4 Å². The van der Waals surface area contributed by atoms with Crippen molar-refractivity contribution in [2.24, 2.45) is 10.8 Å². The highest BCUT2D eigenvalue weighted by Crippen LogP contribution is 2.19.